The summed E-state index contributed by atoms with van der Waals surface area (Å²) >= 11 is 0. The normalized spacial score (nSPS) is 13.0. The minimum absolute atomic E-state index is 0.103. The molecule has 118 valence electrons. The first-order chi connectivity index (χ1) is 9.75. The van der Waals surface area contributed by atoms with Gasteiger partial charge in [0.25, 0.3) is 5.91 Å². The van der Waals surface area contributed by atoms with Gasteiger partial charge in [-0.15, -0.1) is 0 Å². The van der Waals surface area contributed by atoms with Crippen molar-refractivity contribution in [1.29, 1.82) is 0 Å². The molecule has 0 radical (unpaired) electrons. The molecule has 1 unspecified atom stereocenters. The van der Waals surface area contributed by atoms with Crippen LogP contribution in [0.15, 0.2) is 18.3 Å². The number of hydrogen-bond acceptors (Lipinski definition) is 3. The van der Waals surface area contributed by atoms with Crippen molar-refractivity contribution >= 4 is 11.9 Å². The Morgan fingerprint density at radius 3 is 2.62 bits per heavy atom. The number of rotatable bonds is 7. The van der Waals surface area contributed by atoms with Crippen LogP contribution in [-0.4, -0.2) is 41.3 Å². The Morgan fingerprint density at radius 2 is 2.10 bits per heavy atom. The molecular weight excluding hydrogens is 272 g/mol. The predicted molar refractivity (Wildman–Crippen MR) is 79.3 cm³/mol. The third kappa shape index (κ3) is 5.23. The summed E-state index contributed by atoms with van der Waals surface area (Å²) in [5.74, 6) is -1.19. The Balaban J connectivity index is 2.82. The van der Waals surface area contributed by atoms with E-state index in [0.29, 0.717) is 18.8 Å². The van der Waals surface area contributed by atoms with Crippen LogP contribution in [0.5, 0.6) is 0 Å². The highest BCUT2D eigenvalue weighted by molar-refractivity contribution is 5.93. The Kier molecular flexibility index (Phi) is 5.96. The summed E-state index contributed by atoms with van der Waals surface area (Å²) in [6.07, 6.45) is 1.70. The highest BCUT2D eigenvalue weighted by atomic mass is 16.5. The molecule has 2 N–H and O–H groups in total. The van der Waals surface area contributed by atoms with Crippen molar-refractivity contribution in [2.24, 2.45) is 5.41 Å². The van der Waals surface area contributed by atoms with E-state index in [-0.39, 0.29) is 17.7 Å². The van der Waals surface area contributed by atoms with Gasteiger partial charge in [-0.25, -0.2) is 0 Å². The van der Waals surface area contributed by atoms with Crippen molar-refractivity contribution < 1.29 is 19.4 Å². The summed E-state index contributed by atoms with van der Waals surface area (Å²) in [6.45, 7) is 6.80. The molecule has 1 aromatic heterocycles. The van der Waals surface area contributed by atoms with Crippen molar-refractivity contribution in [3.8, 4) is 0 Å². The predicted octanol–water partition coefficient (Wildman–Crippen LogP) is 1.75. The van der Waals surface area contributed by atoms with Gasteiger partial charge in [0.05, 0.1) is 13.0 Å². The molecule has 0 saturated heterocycles. The molecule has 1 aromatic rings. The number of nitrogens with zero attached hydrogens (tertiary/aromatic N) is 1. The number of carbonyl (C=O) groups is 2. The molecule has 0 spiro atoms. The van der Waals surface area contributed by atoms with Crippen molar-refractivity contribution in [3.63, 3.8) is 0 Å². The summed E-state index contributed by atoms with van der Waals surface area (Å²) in [5, 5.41) is 11.8. The third-order valence-corrected chi connectivity index (χ3v) is 3.33. The second-order valence-corrected chi connectivity index (χ2v) is 6.07. The first-order valence-corrected chi connectivity index (χ1v) is 6.92. The number of aliphatic carboxylic acids is 1. The number of amides is 1. The number of carbonyl (C=O) groups excluding carboxylic acids is 1. The van der Waals surface area contributed by atoms with Crippen LogP contribution >= 0.6 is 0 Å². The average molecular weight is 296 g/mol. The molecule has 0 aliphatic rings. The minimum atomic E-state index is -0.926. The second-order valence-electron chi connectivity index (χ2n) is 6.07. The van der Waals surface area contributed by atoms with Crippen molar-refractivity contribution in [3.05, 3.63) is 24.0 Å². The minimum Gasteiger partial charge on any atom is -0.481 e. The summed E-state index contributed by atoms with van der Waals surface area (Å²) < 4.78 is 6.80. The highest BCUT2D eigenvalue weighted by Crippen LogP contribution is 2.22. The van der Waals surface area contributed by atoms with Crippen LogP contribution in [0.1, 0.15) is 37.7 Å². The number of methoxy groups -OCH3 is 1. The number of nitrogens with one attached hydrogen (secondary N) is 1. The van der Waals surface area contributed by atoms with Crippen molar-refractivity contribution in [2.45, 2.75) is 39.8 Å². The number of ether oxygens (including phenoxy) is 1. The Bertz CT molecular complexity index is 488. The molecule has 0 aromatic carbocycles. The monoisotopic (exact) mass is 296 g/mol. The fourth-order valence-corrected chi connectivity index (χ4v) is 1.99. The van der Waals surface area contributed by atoms with E-state index in [0.717, 1.165) is 0 Å². The number of hydrogen-bond donors (Lipinski definition) is 2. The van der Waals surface area contributed by atoms with E-state index in [2.05, 4.69) is 5.32 Å². The van der Waals surface area contributed by atoms with Gasteiger partial charge in [0.2, 0.25) is 0 Å². The third-order valence-electron chi connectivity index (χ3n) is 3.33. The van der Waals surface area contributed by atoms with Crippen molar-refractivity contribution in [1.82, 2.24) is 9.88 Å². The Morgan fingerprint density at radius 1 is 1.43 bits per heavy atom. The zero-order valence-corrected chi connectivity index (χ0v) is 13.0. The first kappa shape index (κ1) is 17.2. The van der Waals surface area contributed by atoms with Gasteiger partial charge in [-0.05, 0) is 17.5 Å². The highest BCUT2D eigenvalue weighted by Gasteiger charge is 2.29. The van der Waals surface area contributed by atoms with E-state index >= 15 is 0 Å². The van der Waals surface area contributed by atoms with E-state index in [4.69, 9.17) is 9.84 Å². The van der Waals surface area contributed by atoms with Crippen LogP contribution in [0.2, 0.25) is 0 Å². The quantitative estimate of drug-likeness (QED) is 0.803. The van der Waals surface area contributed by atoms with Gasteiger partial charge in [0.15, 0.2) is 0 Å². The van der Waals surface area contributed by atoms with Crippen LogP contribution in [0.25, 0.3) is 0 Å². The molecule has 1 atom stereocenters. The molecule has 6 heteroatoms. The fraction of sp³-hybridized carbons (Fsp3) is 0.600. The summed E-state index contributed by atoms with van der Waals surface area (Å²) in [7, 11) is 1.60. The lowest BCUT2D eigenvalue weighted by Gasteiger charge is -2.30. The Hall–Kier alpha value is -1.82. The van der Waals surface area contributed by atoms with Gasteiger partial charge in [-0.3, -0.25) is 9.59 Å². The zero-order chi connectivity index (χ0) is 16.0. The maximum absolute atomic E-state index is 12.4. The lowest BCUT2D eigenvalue weighted by Crippen LogP contribution is -2.45. The van der Waals surface area contributed by atoms with Gasteiger partial charge in [-0.1, -0.05) is 20.8 Å². The zero-order valence-electron chi connectivity index (χ0n) is 13.0. The lowest BCUT2D eigenvalue weighted by atomic mass is 9.84. The van der Waals surface area contributed by atoms with Gasteiger partial charge < -0.3 is 19.7 Å². The van der Waals surface area contributed by atoms with E-state index in [1.54, 1.807) is 30.0 Å². The van der Waals surface area contributed by atoms with E-state index in [1.165, 1.54) is 0 Å². The molecule has 21 heavy (non-hydrogen) atoms. The summed E-state index contributed by atoms with van der Waals surface area (Å²) in [6, 6.07) is 3.06. The molecule has 1 heterocycles. The molecule has 0 fully saturated rings. The topological polar surface area (TPSA) is 80.6 Å². The maximum atomic E-state index is 12.4. The van der Waals surface area contributed by atoms with Crippen molar-refractivity contribution in [2.75, 3.05) is 13.7 Å². The number of aromatic nitrogens is 1. The SMILES string of the molecule is COCCn1cccc1C(=O)NC(CC(=O)O)C(C)(C)C. The van der Waals surface area contributed by atoms with E-state index in [1.807, 2.05) is 20.8 Å². The fourth-order valence-electron chi connectivity index (χ4n) is 1.99. The Labute approximate surface area is 125 Å². The van der Waals surface area contributed by atoms with Crippen LogP contribution in [0, 0.1) is 5.41 Å². The largest absolute Gasteiger partial charge is 0.481 e. The lowest BCUT2D eigenvalue weighted by molar-refractivity contribution is -0.138. The molecule has 0 aliphatic carbocycles. The molecule has 1 amide bonds. The molecule has 0 saturated carbocycles. The standard InChI is InChI=1S/C15H24N2O4/c1-15(2,3)12(10-13(18)19)16-14(20)11-6-5-7-17(11)8-9-21-4/h5-7,12H,8-10H2,1-4H3,(H,16,20)(H,18,19). The van der Waals surface area contributed by atoms with Crippen LogP contribution in [0.4, 0.5) is 0 Å². The first-order valence-electron chi connectivity index (χ1n) is 6.92. The molecule has 0 aliphatic heterocycles. The van der Waals surface area contributed by atoms with E-state index < -0.39 is 12.0 Å². The van der Waals surface area contributed by atoms with Crippen LogP contribution in [-0.2, 0) is 16.1 Å². The average Bonchev–Trinajstić information content (AvgIpc) is 2.82. The summed E-state index contributed by atoms with van der Waals surface area (Å²) in [5.41, 5.74) is 0.171. The van der Waals surface area contributed by atoms with E-state index in [9.17, 15) is 9.59 Å². The number of carboxylic acid groups (broad SMARTS) is 1. The molecule has 0 bridgehead atoms. The van der Waals surface area contributed by atoms with Crippen LogP contribution in [0.3, 0.4) is 0 Å². The number of carboxylic acids is 1. The molecular formula is C15H24N2O4. The second kappa shape index (κ2) is 7.26. The van der Waals surface area contributed by atoms with Gasteiger partial charge in [-0.2, -0.15) is 0 Å². The van der Waals surface area contributed by atoms with Gasteiger partial charge in [0, 0.05) is 25.9 Å². The van der Waals surface area contributed by atoms with Gasteiger partial charge in [0.1, 0.15) is 5.69 Å². The molecule has 6 nitrogen and oxygen atoms in total. The maximum Gasteiger partial charge on any atom is 0.305 e. The van der Waals surface area contributed by atoms with Crippen LogP contribution < -0.4 is 5.32 Å². The van der Waals surface area contributed by atoms with Gasteiger partial charge >= 0.3 is 5.97 Å². The smallest absolute Gasteiger partial charge is 0.305 e. The molecule has 1 rings (SSSR count). The summed E-state index contributed by atoms with van der Waals surface area (Å²) in [4.78, 5) is 23.3.